The Hall–Kier alpha value is -1.09. The number of nitrogens with one attached hydrogen (secondary N) is 1. The second kappa shape index (κ2) is 7.79. The van der Waals surface area contributed by atoms with Crippen LogP contribution in [0.1, 0.15) is 51.3 Å². The van der Waals surface area contributed by atoms with E-state index in [0.717, 1.165) is 31.4 Å². The number of aryl methyl sites for hydroxylation is 1. The Morgan fingerprint density at radius 3 is 2.67 bits per heavy atom. The van der Waals surface area contributed by atoms with Crippen LogP contribution in [-0.2, 0) is 6.54 Å². The van der Waals surface area contributed by atoms with E-state index in [2.05, 4.69) is 50.0 Å². The molecule has 118 valence electrons. The summed E-state index contributed by atoms with van der Waals surface area (Å²) in [6.07, 6.45) is 3.98. The average Bonchev–Trinajstić information content (AvgIpc) is 3.24. The topological polar surface area (TPSA) is 28.2 Å². The lowest BCUT2D eigenvalue weighted by atomic mass is 10.1. The van der Waals surface area contributed by atoms with Crippen molar-refractivity contribution in [3.8, 4) is 0 Å². The van der Waals surface area contributed by atoms with Gasteiger partial charge in [0, 0.05) is 25.3 Å². The van der Waals surface area contributed by atoms with Crippen molar-refractivity contribution in [3.05, 3.63) is 23.4 Å². The molecule has 0 aliphatic heterocycles. The molecule has 1 aliphatic carbocycles. The quantitative estimate of drug-likeness (QED) is 0.750. The second-order valence-electron chi connectivity index (χ2n) is 6.83. The van der Waals surface area contributed by atoms with Crippen molar-refractivity contribution in [1.29, 1.82) is 0 Å². The van der Waals surface area contributed by atoms with Gasteiger partial charge in [-0.15, -0.1) is 0 Å². The number of rotatable bonds is 9. The van der Waals surface area contributed by atoms with Crippen molar-refractivity contribution in [3.63, 3.8) is 0 Å². The molecule has 1 fully saturated rings. The Kier molecular flexibility index (Phi) is 6.04. The van der Waals surface area contributed by atoms with Crippen molar-refractivity contribution in [2.24, 2.45) is 11.8 Å². The molecular formula is C18H31N3. The number of aromatic nitrogens is 1. The fourth-order valence-electron chi connectivity index (χ4n) is 2.62. The highest BCUT2D eigenvalue weighted by atomic mass is 15.2. The first kappa shape index (κ1) is 16.3. The first-order valence-electron chi connectivity index (χ1n) is 8.52. The maximum atomic E-state index is 4.86. The van der Waals surface area contributed by atoms with Gasteiger partial charge in [-0.25, -0.2) is 4.98 Å². The number of pyridine rings is 1. The number of anilines is 1. The van der Waals surface area contributed by atoms with Crippen LogP contribution >= 0.6 is 0 Å². The first-order valence-corrected chi connectivity index (χ1v) is 8.52. The highest BCUT2D eigenvalue weighted by Gasteiger charge is 2.24. The zero-order valence-corrected chi connectivity index (χ0v) is 14.2. The van der Waals surface area contributed by atoms with Crippen molar-refractivity contribution < 1.29 is 0 Å². The van der Waals surface area contributed by atoms with Gasteiger partial charge in [-0.1, -0.05) is 26.8 Å². The monoisotopic (exact) mass is 289 g/mol. The predicted octanol–water partition coefficient (Wildman–Crippen LogP) is 3.76. The van der Waals surface area contributed by atoms with Gasteiger partial charge in [-0.3, -0.25) is 0 Å². The molecular weight excluding hydrogens is 258 g/mol. The largest absolute Gasteiger partial charge is 0.356 e. The number of nitrogens with zero attached hydrogens (tertiary/aromatic N) is 2. The number of hydrogen-bond donors (Lipinski definition) is 1. The second-order valence-corrected chi connectivity index (χ2v) is 6.83. The zero-order chi connectivity index (χ0) is 15.2. The van der Waals surface area contributed by atoms with E-state index >= 15 is 0 Å². The minimum atomic E-state index is 0.691. The third kappa shape index (κ3) is 5.31. The van der Waals surface area contributed by atoms with E-state index in [9.17, 15) is 0 Å². The molecule has 0 unspecified atom stereocenters. The fraction of sp³-hybridized carbons (Fsp3) is 0.722. The summed E-state index contributed by atoms with van der Waals surface area (Å²) in [6.45, 7) is 13.1. The number of hydrogen-bond acceptors (Lipinski definition) is 3. The molecule has 1 aromatic heterocycles. The lowest BCUT2D eigenvalue weighted by molar-refractivity contribution is 0.551. The Balaban J connectivity index is 1.98. The summed E-state index contributed by atoms with van der Waals surface area (Å²) in [4.78, 5) is 7.32. The van der Waals surface area contributed by atoms with Crippen LogP contribution in [0.15, 0.2) is 12.1 Å². The predicted molar refractivity (Wildman–Crippen MR) is 90.7 cm³/mol. The van der Waals surface area contributed by atoms with Gasteiger partial charge in [0.05, 0.1) is 0 Å². The van der Waals surface area contributed by atoms with Crippen LogP contribution < -0.4 is 10.2 Å². The average molecular weight is 289 g/mol. The van der Waals surface area contributed by atoms with Crippen LogP contribution in [0.5, 0.6) is 0 Å². The minimum absolute atomic E-state index is 0.691. The molecule has 1 heterocycles. The molecule has 21 heavy (non-hydrogen) atoms. The van der Waals surface area contributed by atoms with E-state index in [4.69, 9.17) is 4.98 Å². The van der Waals surface area contributed by atoms with Gasteiger partial charge >= 0.3 is 0 Å². The standard InChI is InChI=1S/C18H31N3/c1-5-10-21(13-16-6-7-16)18-9-8-17(15(4)20-18)12-19-11-14(2)3/h8-9,14,16,19H,5-7,10-13H2,1-4H3. The van der Waals surface area contributed by atoms with Gasteiger partial charge in [0.25, 0.3) is 0 Å². The lowest BCUT2D eigenvalue weighted by Crippen LogP contribution is -2.28. The van der Waals surface area contributed by atoms with Crippen LogP contribution in [0.4, 0.5) is 5.82 Å². The summed E-state index contributed by atoms with van der Waals surface area (Å²) >= 11 is 0. The molecule has 1 aliphatic rings. The van der Waals surface area contributed by atoms with Gasteiger partial charge in [0.15, 0.2) is 0 Å². The summed E-state index contributed by atoms with van der Waals surface area (Å²) in [5.41, 5.74) is 2.49. The summed E-state index contributed by atoms with van der Waals surface area (Å²) in [6, 6.07) is 4.46. The molecule has 0 saturated heterocycles. The van der Waals surface area contributed by atoms with Gasteiger partial charge in [-0.2, -0.15) is 0 Å². The van der Waals surface area contributed by atoms with Gasteiger partial charge in [0.1, 0.15) is 5.82 Å². The summed E-state index contributed by atoms with van der Waals surface area (Å²) in [5.74, 6) is 2.76. The molecule has 0 atom stereocenters. The van der Waals surface area contributed by atoms with E-state index in [0.29, 0.717) is 5.92 Å². The molecule has 1 aromatic rings. The third-order valence-corrected chi connectivity index (χ3v) is 4.04. The highest BCUT2D eigenvalue weighted by molar-refractivity contribution is 5.42. The van der Waals surface area contributed by atoms with Gasteiger partial charge in [-0.05, 0) is 56.2 Å². The van der Waals surface area contributed by atoms with Crippen molar-refractivity contribution in [2.75, 3.05) is 24.5 Å². The van der Waals surface area contributed by atoms with Crippen LogP contribution in [0.3, 0.4) is 0 Å². The molecule has 1 saturated carbocycles. The molecule has 0 bridgehead atoms. The molecule has 2 rings (SSSR count). The SMILES string of the molecule is CCCN(CC1CC1)c1ccc(CNCC(C)C)c(C)n1. The Morgan fingerprint density at radius 1 is 1.33 bits per heavy atom. The van der Waals surface area contributed by atoms with E-state index < -0.39 is 0 Å². The zero-order valence-electron chi connectivity index (χ0n) is 14.2. The van der Waals surface area contributed by atoms with Crippen molar-refractivity contribution in [2.45, 2.75) is 53.5 Å². The summed E-state index contributed by atoms with van der Waals surface area (Å²) in [5, 5.41) is 3.50. The molecule has 3 nitrogen and oxygen atoms in total. The van der Waals surface area contributed by atoms with Crippen LogP contribution in [0, 0.1) is 18.8 Å². The highest BCUT2D eigenvalue weighted by Crippen LogP contribution is 2.31. The van der Waals surface area contributed by atoms with Gasteiger partial charge < -0.3 is 10.2 Å². The fourth-order valence-corrected chi connectivity index (χ4v) is 2.62. The van der Waals surface area contributed by atoms with E-state index in [1.54, 1.807) is 0 Å². The van der Waals surface area contributed by atoms with Gasteiger partial charge in [0.2, 0.25) is 0 Å². The summed E-state index contributed by atoms with van der Waals surface area (Å²) in [7, 11) is 0. The van der Waals surface area contributed by atoms with Crippen molar-refractivity contribution in [1.82, 2.24) is 10.3 Å². The van der Waals surface area contributed by atoms with Crippen molar-refractivity contribution >= 4 is 5.82 Å². The van der Waals surface area contributed by atoms with Crippen LogP contribution in [-0.4, -0.2) is 24.6 Å². The molecule has 0 radical (unpaired) electrons. The van der Waals surface area contributed by atoms with Crippen LogP contribution in [0.2, 0.25) is 0 Å². The van der Waals surface area contributed by atoms with E-state index in [1.807, 2.05) is 0 Å². The minimum Gasteiger partial charge on any atom is -0.356 e. The third-order valence-electron chi connectivity index (χ3n) is 4.04. The maximum Gasteiger partial charge on any atom is 0.128 e. The molecule has 0 spiro atoms. The smallest absolute Gasteiger partial charge is 0.128 e. The first-order chi connectivity index (χ1) is 10.1. The molecule has 0 aromatic carbocycles. The molecule has 3 heteroatoms. The summed E-state index contributed by atoms with van der Waals surface area (Å²) < 4.78 is 0. The van der Waals surface area contributed by atoms with Crippen LogP contribution in [0.25, 0.3) is 0 Å². The van der Waals surface area contributed by atoms with E-state index in [1.165, 1.54) is 37.1 Å². The molecule has 1 N–H and O–H groups in total. The Labute approximate surface area is 130 Å². The van der Waals surface area contributed by atoms with E-state index in [-0.39, 0.29) is 0 Å². The Bertz CT molecular complexity index is 438. The Morgan fingerprint density at radius 2 is 2.10 bits per heavy atom. The normalized spacial score (nSPS) is 14.7. The molecule has 0 amide bonds. The lowest BCUT2D eigenvalue weighted by Gasteiger charge is -2.24. The maximum absolute atomic E-state index is 4.86.